The summed E-state index contributed by atoms with van der Waals surface area (Å²) in [5, 5.41) is 8.97. The minimum Gasteiger partial charge on any atom is -0.353 e. The predicted molar refractivity (Wildman–Crippen MR) is 76.0 cm³/mol. The van der Waals surface area contributed by atoms with E-state index in [1.165, 1.54) is 12.8 Å². The maximum atomic E-state index is 12.4. The van der Waals surface area contributed by atoms with Crippen LogP contribution in [-0.2, 0) is 9.59 Å². The van der Waals surface area contributed by atoms with Crippen LogP contribution >= 0.6 is 0 Å². The van der Waals surface area contributed by atoms with Crippen LogP contribution in [0.4, 0.5) is 0 Å². The lowest BCUT2D eigenvalue weighted by molar-refractivity contribution is -0.127. The Labute approximate surface area is 120 Å². The molecule has 2 amide bonds. The van der Waals surface area contributed by atoms with E-state index >= 15 is 0 Å². The Morgan fingerprint density at radius 2 is 2.10 bits per heavy atom. The Morgan fingerprint density at radius 1 is 1.35 bits per heavy atom. The number of fused-ring (bicyclic) bond motifs is 2. The average molecular weight is 279 g/mol. The largest absolute Gasteiger partial charge is 0.353 e. The van der Waals surface area contributed by atoms with Gasteiger partial charge in [0.2, 0.25) is 11.8 Å². The molecule has 0 aromatic carbocycles. The summed E-state index contributed by atoms with van der Waals surface area (Å²) in [4.78, 5) is 23.5. The minimum atomic E-state index is -0.293. The van der Waals surface area contributed by atoms with Gasteiger partial charge in [-0.2, -0.15) is 0 Å². The third-order valence-corrected chi connectivity index (χ3v) is 6.44. The number of amides is 2. The molecule has 1 aliphatic heterocycles. The molecule has 4 unspecified atom stereocenters. The normalized spacial score (nSPS) is 42.4. The fourth-order valence-corrected chi connectivity index (χ4v) is 4.45. The Bertz CT molecular complexity index is 438. The summed E-state index contributed by atoms with van der Waals surface area (Å²) in [6, 6.07) is -0.0262. The van der Waals surface area contributed by atoms with Gasteiger partial charge in [0.15, 0.2) is 0 Å². The van der Waals surface area contributed by atoms with Gasteiger partial charge in [-0.1, -0.05) is 20.8 Å². The quantitative estimate of drug-likeness (QED) is 0.685. The molecule has 0 aromatic rings. The fraction of sp³-hybridized carbons (Fsp3) is 0.867. The third-order valence-electron chi connectivity index (χ3n) is 6.44. The van der Waals surface area contributed by atoms with E-state index in [1.54, 1.807) is 0 Å². The summed E-state index contributed by atoms with van der Waals surface area (Å²) in [6.45, 7) is 7.63. The number of piperazine rings is 1. The van der Waals surface area contributed by atoms with Gasteiger partial charge in [0.1, 0.15) is 6.04 Å². The number of hydrogen-bond donors (Lipinski definition) is 3. The molecule has 20 heavy (non-hydrogen) atoms. The minimum absolute atomic E-state index is 0.0274. The van der Waals surface area contributed by atoms with Crippen LogP contribution in [0, 0.1) is 16.7 Å². The molecular formula is C15H25N3O2. The van der Waals surface area contributed by atoms with Gasteiger partial charge in [-0.15, -0.1) is 0 Å². The van der Waals surface area contributed by atoms with Crippen molar-refractivity contribution in [1.82, 2.24) is 16.0 Å². The van der Waals surface area contributed by atoms with Gasteiger partial charge in [0.05, 0.1) is 6.54 Å². The van der Waals surface area contributed by atoms with Crippen LogP contribution in [0.25, 0.3) is 0 Å². The van der Waals surface area contributed by atoms with Crippen molar-refractivity contribution in [2.24, 2.45) is 16.7 Å². The fourth-order valence-electron chi connectivity index (χ4n) is 4.45. The highest BCUT2D eigenvalue weighted by Crippen LogP contribution is 2.65. The van der Waals surface area contributed by atoms with Gasteiger partial charge in [-0.3, -0.25) is 14.9 Å². The molecule has 3 fully saturated rings. The van der Waals surface area contributed by atoms with E-state index in [-0.39, 0.29) is 35.9 Å². The van der Waals surface area contributed by atoms with Crippen molar-refractivity contribution in [3.05, 3.63) is 0 Å². The van der Waals surface area contributed by atoms with E-state index in [0.29, 0.717) is 12.0 Å². The highest BCUT2D eigenvalue weighted by molar-refractivity contribution is 5.87. The highest BCUT2D eigenvalue weighted by Gasteiger charge is 2.61. The van der Waals surface area contributed by atoms with Crippen LogP contribution in [0.15, 0.2) is 0 Å². The molecule has 1 saturated heterocycles. The number of hydrogen-bond acceptors (Lipinski definition) is 3. The summed E-state index contributed by atoms with van der Waals surface area (Å²) in [5.41, 5.74) is 0.504. The predicted octanol–water partition coefficient (Wildman–Crippen LogP) is 0.405. The zero-order chi connectivity index (χ0) is 14.5. The van der Waals surface area contributed by atoms with E-state index in [2.05, 4.69) is 36.7 Å². The number of rotatable bonds is 2. The van der Waals surface area contributed by atoms with Crippen molar-refractivity contribution < 1.29 is 9.59 Å². The van der Waals surface area contributed by atoms with E-state index < -0.39 is 0 Å². The van der Waals surface area contributed by atoms with Gasteiger partial charge in [-0.05, 0) is 36.0 Å². The van der Waals surface area contributed by atoms with E-state index in [9.17, 15) is 9.59 Å². The summed E-state index contributed by atoms with van der Waals surface area (Å²) in [6.07, 6.45) is 3.58. The van der Waals surface area contributed by atoms with Crippen LogP contribution < -0.4 is 16.0 Å². The standard InChI is InChI=1S/C15H25N3O2/c1-14(2)9-4-5-15(14,3)11(6-9)18-13(20)10-7-17-12(19)8-16-10/h9-11,16H,4-8H2,1-3H3,(H,17,19)(H,18,20). The second-order valence-corrected chi connectivity index (χ2v) is 7.41. The first-order chi connectivity index (χ1) is 9.34. The summed E-state index contributed by atoms with van der Waals surface area (Å²) < 4.78 is 0. The zero-order valence-corrected chi connectivity index (χ0v) is 12.6. The molecule has 2 aliphatic carbocycles. The first-order valence-corrected chi connectivity index (χ1v) is 7.65. The maximum Gasteiger partial charge on any atom is 0.239 e. The highest BCUT2D eigenvalue weighted by atomic mass is 16.2. The molecule has 3 N–H and O–H groups in total. The average Bonchev–Trinajstić information content (AvgIpc) is 2.72. The van der Waals surface area contributed by atoms with Crippen LogP contribution in [-0.4, -0.2) is 37.0 Å². The molecule has 0 aromatic heterocycles. The van der Waals surface area contributed by atoms with Crippen molar-refractivity contribution in [2.75, 3.05) is 13.1 Å². The smallest absolute Gasteiger partial charge is 0.239 e. The number of carbonyl (C=O) groups is 2. The van der Waals surface area contributed by atoms with Gasteiger partial charge in [0, 0.05) is 12.6 Å². The van der Waals surface area contributed by atoms with Gasteiger partial charge >= 0.3 is 0 Å². The SMILES string of the molecule is CC1(C)C2CCC1(C)C(NC(=O)C1CNC(=O)CN1)C2. The number of carbonyl (C=O) groups excluding carboxylic acids is 2. The van der Waals surface area contributed by atoms with Crippen LogP contribution in [0.5, 0.6) is 0 Å². The lowest BCUT2D eigenvalue weighted by atomic mass is 9.69. The Balaban J connectivity index is 1.65. The first kappa shape index (κ1) is 13.9. The molecule has 2 saturated carbocycles. The summed E-state index contributed by atoms with van der Waals surface area (Å²) in [5.74, 6) is 0.707. The molecule has 112 valence electrons. The topological polar surface area (TPSA) is 70.2 Å². The second-order valence-electron chi connectivity index (χ2n) is 7.41. The lowest BCUT2D eigenvalue weighted by Crippen LogP contribution is -2.60. The zero-order valence-electron chi connectivity index (χ0n) is 12.6. The van der Waals surface area contributed by atoms with Crippen molar-refractivity contribution in [3.63, 3.8) is 0 Å². The van der Waals surface area contributed by atoms with Crippen molar-refractivity contribution >= 4 is 11.8 Å². The second kappa shape index (κ2) is 4.45. The van der Waals surface area contributed by atoms with Crippen molar-refractivity contribution in [3.8, 4) is 0 Å². The molecule has 4 atom stereocenters. The lowest BCUT2D eigenvalue weighted by Gasteiger charge is -2.40. The van der Waals surface area contributed by atoms with Gasteiger partial charge < -0.3 is 10.6 Å². The monoisotopic (exact) mass is 279 g/mol. The van der Waals surface area contributed by atoms with Gasteiger partial charge in [-0.25, -0.2) is 0 Å². The van der Waals surface area contributed by atoms with E-state index in [0.717, 1.165) is 12.3 Å². The van der Waals surface area contributed by atoms with Gasteiger partial charge in [0.25, 0.3) is 0 Å². The van der Waals surface area contributed by atoms with Crippen molar-refractivity contribution in [1.29, 1.82) is 0 Å². The summed E-state index contributed by atoms with van der Waals surface area (Å²) in [7, 11) is 0. The van der Waals surface area contributed by atoms with Crippen LogP contribution in [0.2, 0.25) is 0 Å². The number of nitrogens with one attached hydrogen (secondary N) is 3. The van der Waals surface area contributed by atoms with E-state index in [4.69, 9.17) is 0 Å². The molecule has 2 bridgehead atoms. The molecular weight excluding hydrogens is 254 g/mol. The Kier molecular flexibility index (Phi) is 3.08. The summed E-state index contributed by atoms with van der Waals surface area (Å²) >= 11 is 0. The Hall–Kier alpha value is -1.10. The first-order valence-electron chi connectivity index (χ1n) is 7.65. The van der Waals surface area contributed by atoms with E-state index in [1.807, 2.05) is 0 Å². The third kappa shape index (κ3) is 1.86. The Morgan fingerprint density at radius 3 is 2.60 bits per heavy atom. The molecule has 5 nitrogen and oxygen atoms in total. The molecule has 3 rings (SSSR count). The van der Waals surface area contributed by atoms with Crippen LogP contribution in [0.1, 0.15) is 40.0 Å². The molecule has 3 aliphatic rings. The molecule has 5 heteroatoms. The molecule has 1 heterocycles. The molecule has 0 radical (unpaired) electrons. The maximum absolute atomic E-state index is 12.4. The van der Waals surface area contributed by atoms with Crippen LogP contribution in [0.3, 0.4) is 0 Å². The van der Waals surface area contributed by atoms with Crippen molar-refractivity contribution in [2.45, 2.75) is 52.1 Å². The molecule has 0 spiro atoms.